The largest absolute Gasteiger partial charge is 0.339 e. The highest BCUT2D eigenvalue weighted by atomic mass is 16.2. The molecule has 0 bridgehead atoms. The average molecular weight is 232 g/mol. The summed E-state index contributed by atoms with van der Waals surface area (Å²) in [5.41, 5.74) is 0.826. The van der Waals surface area contributed by atoms with E-state index in [1.54, 1.807) is 7.05 Å². The summed E-state index contributed by atoms with van der Waals surface area (Å²) in [6.45, 7) is 1.90. The molecule has 1 aromatic rings. The highest BCUT2D eigenvalue weighted by molar-refractivity contribution is 5.97. The molecule has 1 aromatic carbocycles. The van der Waals surface area contributed by atoms with E-state index in [2.05, 4.69) is 5.32 Å². The Balaban J connectivity index is 2.27. The summed E-state index contributed by atoms with van der Waals surface area (Å²) in [7, 11) is 1.69. The first-order chi connectivity index (χ1) is 8.15. The second kappa shape index (κ2) is 4.57. The van der Waals surface area contributed by atoms with Crippen LogP contribution in [0.4, 0.5) is 0 Å². The molecule has 2 atom stereocenters. The fraction of sp³-hybridized carbons (Fsp3) is 0.385. The zero-order valence-corrected chi connectivity index (χ0v) is 10.0. The van der Waals surface area contributed by atoms with E-state index in [4.69, 9.17) is 0 Å². The van der Waals surface area contributed by atoms with Crippen molar-refractivity contribution in [3.63, 3.8) is 0 Å². The van der Waals surface area contributed by atoms with Crippen molar-refractivity contribution in [1.82, 2.24) is 10.2 Å². The van der Waals surface area contributed by atoms with Gasteiger partial charge in [-0.3, -0.25) is 9.59 Å². The first-order valence-corrected chi connectivity index (χ1v) is 5.77. The lowest BCUT2D eigenvalue weighted by molar-refractivity contribution is -0.148. The van der Waals surface area contributed by atoms with E-state index in [0.29, 0.717) is 6.42 Å². The maximum absolute atomic E-state index is 12.2. The van der Waals surface area contributed by atoms with Gasteiger partial charge in [-0.1, -0.05) is 37.3 Å². The van der Waals surface area contributed by atoms with Crippen LogP contribution in [0.3, 0.4) is 0 Å². The maximum atomic E-state index is 12.2. The Labute approximate surface area is 101 Å². The number of likely N-dealkylation sites (N-methyl/N-ethyl adjacent to an activating group) is 1. The molecule has 0 spiro atoms. The minimum atomic E-state index is -0.545. The molecule has 1 aliphatic rings. The van der Waals surface area contributed by atoms with Gasteiger partial charge in [-0.05, 0) is 12.0 Å². The van der Waals surface area contributed by atoms with Gasteiger partial charge in [-0.15, -0.1) is 0 Å². The molecular weight excluding hydrogens is 216 g/mol. The van der Waals surface area contributed by atoms with E-state index in [1.165, 1.54) is 4.90 Å². The smallest absolute Gasteiger partial charge is 0.250 e. The van der Waals surface area contributed by atoms with E-state index >= 15 is 0 Å². The monoisotopic (exact) mass is 232 g/mol. The molecular formula is C13H16N2O2. The maximum Gasteiger partial charge on any atom is 0.250 e. The van der Waals surface area contributed by atoms with Crippen LogP contribution in [-0.4, -0.2) is 29.8 Å². The molecule has 4 heteroatoms. The van der Waals surface area contributed by atoms with Crippen LogP contribution in [0.5, 0.6) is 0 Å². The number of benzene rings is 1. The highest BCUT2D eigenvalue weighted by Gasteiger charge is 2.37. The van der Waals surface area contributed by atoms with Crippen LogP contribution in [0.2, 0.25) is 0 Å². The summed E-state index contributed by atoms with van der Waals surface area (Å²) in [5.74, 6) is -0.133. The lowest BCUT2D eigenvalue weighted by atomic mass is 10.00. The van der Waals surface area contributed by atoms with E-state index in [9.17, 15) is 9.59 Å². The quantitative estimate of drug-likeness (QED) is 0.830. The van der Waals surface area contributed by atoms with Gasteiger partial charge in [-0.2, -0.15) is 0 Å². The van der Waals surface area contributed by atoms with Gasteiger partial charge >= 0.3 is 0 Å². The van der Waals surface area contributed by atoms with Gasteiger partial charge in [-0.25, -0.2) is 0 Å². The van der Waals surface area contributed by atoms with Gasteiger partial charge in [0.2, 0.25) is 11.8 Å². The lowest BCUT2D eigenvalue weighted by Crippen LogP contribution is -2.57. The Kier molecular flexibility index (Phi) is 3.13. The second-order valence-corrected chi connectivity index (χ2v) is 4.23. The molecule has 1 heterocycles. The number of amides is 2. The van der Waals surface area contributed by atoms with Gasteiger partial charge in [0, 0.05) is 7.05 Å². The van der Waals surface area contributed by atoms with Gasteiger partial charge in [0.25, 0.3) is 0 Å². The Morgan fingerprint density at radius 1 is 1.24 bits per heavy atom. The topological polar surface area (TPSA) is 49.4 Å². The minimum absolute atomic E-state index is 0.0531. The number of carbonyl (C=O) groups is 2. The molecule has 1 aliphatic heterocycles. The predicted octanol–water partition coefficient (Wildman–Crippen LogP) is 1.09. The van der Waals surface area contributed by atoms with Gasteiger partial charge in [0.05, 0.1) is 0 Å². The molecule has 0 aromatic heterocycles. The molecule has 1 fully saturated rings. The number of hydrogen-bond donors (Lipinski definition) is 1. The Hall–Kier alpha value is -1.84. The van der Waals surface area contributed by atoms with Crippen LogP contribution in [0, 0.1) is 0 Å². The number of rotatable bonds is 2. The van der Waals surface area contributed by atoms with Gasteiger partial charge < -0.3 is 10.2 Å². The van der Waals surface area contributed by atoms with Crippen molar-refractivity contribution < 1.29 is 9.59 Å². The first-order valence-electron chi connectivity index (χ1n) is 5.77. The number of piperazine rings is 1. The summed E-state index contributed by atoms with van der Waals surface area (Å²) in [6.07, 6.45) is 0.635. The van der Waals surface area contributed by atoms with Crippen LogP contribution in [0.25, 0.3) is 0 Å². The fourth-order valence-corrected chi connectivity index (χ4v) is 2.16. The van der Waals surface area contributed by atoms with Crippen LogP contribution < -0.4 is 5.32 Å². The van der Waals surface area contributed by atoms with E-state index in [-0.39, 0.29) is 17.9 Å². The molecule has 4 nitrogen and oxygen atoms in total. The van der Waals surface area contributed by atoms with Crippen molar-refractivity contribution in [2.24, 2.45) is 0 Å². The SMILES string of the molecule is CCC1C(=O)NC(c2ccccc2)C(=O)N1C. The van der Waals surface area contributed by atoms with Crippen molar-refractivity contribution in [2.75, 3.05) is 7.05 Å². The van der Waals surface area contributed by atoms with Crippen molar-refractivity contribution in [1.29, 1.82) is 0 Å². The molecule has 2 amide bonds. The summed E-state index contributed by atoms with van der Waals surface area (Å²) in [4.78, 5) is 25.6. The third kappa shape index (κ3) is 2.02. The van der Waals surface area contributed by atoms with Crippen LogP contribution >= 0.6 is 0 Å². The Morgan fingerprint density at radius 2 is 1.88 bits per heavy atom. The molecule has 2 rings (SSSR count). The molecule has 0 radical (unpaired) electrons. The Morgan fingerprint density at radius 3 is 2.47 bits per heavy atom. The number of carbonyl (C=O) groups excluding carboxylic acids is 2. The molecule has 2 unspecified atom stereocenters. The van der Waals surface area contributed by atoms with E-state index < -0.39 is 6.04 Å². The molecule has 0 aliphatic carbocycles. The zero-order chi connectivity index (χ0) is 12.4. The van der Waals surface area contributed by atoms with Gasteiger partial charge in [0.15, 0.2) is 0 Å². The van der Waals surface area contributed by atoms with Crippen molar-refractivity contribution in [3.05, 3.63) is 35.9 Å². The van der Waals surface area contributed by atoms with Crippen LogP contribution in [-0.2, 0) is 9.59 Å². The zero-order valence-electron chi connectivity index (χ0n) is 10.0. The van der Waals surface area contributed by atoms with E-state index in [1.807, 2.05) is 37.3 Å². The Bertz CT molecular complexity index is 430. The van der Waals surface area contributed by atoms with Crippen molar-refractivity contribution in [3.8, 4) is 0 Å². The second-order valence-electron chi connectivity index (χ2n) is 4.23. The highest BCUT2D eigenvalue weighted by Crippen LogP contribution is 2.21. The summed E-state index contributed by atoms with van der Waals surface area (Å²) in [5, 5.41) is 2.78. The van der Waals surface area contributed by atoms with Crippen LogP contribution in [0.15, 0.2) is 30.3 Å². The average Bonchev–Trinajstić information content (AvgIpc) is 2.35. The number of hydrogen-bond acceptors (Lipinski definition) is 2. The molecule has 1 saturated heterocycles. The molecule has 1 N–H and O–H groups in total. The fourth-order valence-electron chi connectivity index (χ4n) is 2.16. The summed E-state index contributed by atoms with van der Waals surface area (Å²) < 4.78 is 0. The third-order valence-electron chi connectivity index (χ3n) is 3.17. The van der Waals surface area contributed by atoms with Gasteiger partial charge in [0.1, 0.15) is 12.1 Å². The van der Waals surface area contributed by atoms with E-state index in [0.717, 1.165) is 5.56 Å². The molecule has 0 saturated carbocycles. The third-order valence-corrected chi connectivity index (χ3v) is 3.17. The normalized spacial score (nSPS) is 24.7. The van der Waals surface area contributed by atoms with Crippen LogP contribution in [0.1, 0.15) is 24.9 Å². The first kappa shape index (κ1) is 11.6. The molecule has 90 valence electrons. The lowest BCUT2D eigenvalue weighted by Gasteiger charge is -2.36. The summed E-state index contributed by atoms with van der Waals surface area (Å²) >= 11 is 0. The number of nitrogens with one attached hydrogen (secondary N) is 1. The van der Waals surface area contributed by atoms with Crippen molar-refractivity contribution >= 4 is 11.8 Å². The number of nitrogens with zero attached hydrogens (tertiary/aromatic N) is 1. The standard InChI is InChI=1S/C13H16N2O2/c1-3-10-12(16)14-11(13(17)15(10)2)9-7-5-4-6-8-9/h4-8,10-11H,3H2,1-2H3,(H,14,16). The predicted molar refractivity (Wildman–Crippen MR) is 64.2 cm³/mol. The minimum Gasteiger partial charge on any atom is -0.339 e. The summed E-state index contributed by atoms with van der Waals surface area (Å²) in [6, 6.07) is 8.42. The van der Waals surface area contributed by atoms with Crippen molar-refractivity contribution in [2.45, 2.75) is 25.4 Å². The molecule has 17 heavy (non-hydrogen) atoms.